The van der Waals surface area contributed by atoms with Crippen LogP contribution in [0.2, 0.25) is 0 Å². The summed E-state index contributed by atoms with van der Waals surface area (Å²) in [6.07, 6.45) is 8.36. The van der Waals surface area contributed by atoms with Gasteiger partial charge in [0.05, 0.1) is 6.04 Å². The Balaban J connectivity index is 0.00000208. The van der Waals surface area contributed by atoms with Gasteiger partial charge in [-0.2, -0.15) is 0 Å². The highest BCUT2D eigenvalue weighted by Crippen LogP contribution is 2.33. The van der Waals surface area contributed by atoms with Crippen LogP contribution in [-0.4, -0.2) is 18.5 Å². The Morgan fingerprint density at radius 3 is 2.58 bits per heavy atom. The number of nitrogens with one attached hydrogen (secondary N) is 2. The monoisotopic (exact) mass is 350 g/mol. The van der Waals surface area contributed by atoms with Crippen LogP contribution in [0.15, 0.2) is 30.3 Å². The lowest BCUT2D eigenvalue weighted by molar-refractivity contribution is -0.127. The minimum atomic E-state index is 0. The van der Waals surface area contributed by atoms with E-state index in [1.54, 1.807) is 0 Å². The van der Waals surface area contributed by atoms with Gasteiger partial charge in [0.15, 0.2) is 0 Å². The number of halogens is 1. The Kier molecular flexibility index (Phi) is 7.57. The van der Waals surface area contributed by atoms with Crippen LogP contribution in [0.4, 0.5) is 0 Å². The van der Waals surface area contributed by atoms with Gasteiger partial charge in [-0.15, -0.1) is 12.4 Å². The first kappa shape index (κ1) is 19.3. The topological polar surface area (TPSA) is 41.1 Å². The van der Waals surface area contributed by atoms with E-state index in [9.17, 15) is 4.79 Å². The van der Waals surface area contributed by atoms with Crippen molar-refractivity contribution in [3.05, 3.63) is 35.9 Å². The van der Waals surface area contributed by atoms with Crippen LogP contribution in [0.1, 0.15) is 63.5 Å². The molecule has 1 aromatic carbocycles. The van der Waals surface area contributed by atoms with Crippen LogP contribution < -0.4 is 10.6 Å². The highest BCUT2D eigenvalue weighted by Gasteiger charge is 2.28. The summed E-state index contributed by atoms with van der Waals surface area (Å²) >= 11 is 0. The molecule has 1 heterocycles. The summed E-state index contributed by atoms with van der Waals surface area (Å²) in [5.41, 5.74) is 1.26. The first-order valence-corrected chi connectivity index (χ1v) is 9.31. The summed E-state index contributed by atoms with van der Waals surface area (Å²) in [6.45, 7) is 3.13. The molecule has 3 rings (SSSR count). The summed E-state index contributed by atoms with van der Waals surface area (Å²) in [4.78, 5) is 12.8. The number of carbonyl (C=O) groups is 1. The van der Waals surface area contributed by atoms with Crippen LogP contribution in [0.3, 0.4) is 0 Å². The average molecular weight is 351 g/mol. The molecule has 1 saturated carbocycles. The predicted octanol–water partition coefficient (Wildman–Crippen LogP) is 4.23. The van der Waals surface area contributed by atoms with Gasteiger partial charge in [0.2, 0.25) is 5.91 Å². The molecule has 1 amide bonds. The third-order valence-electron chi connectivity index (χ3n) is 5.56. The fourth-order valence-corrected chi connectivity index (χ4v) is 4.20. The van der Waals surface area contributed by atoms with Crippen molar-refractivity contribution in [2.75, 3.05) is 6.54 Å². The molecule has 3 nitrogen and oxygen atoms in total. The summed E-state index contributed by atoms with van der Waals surface area (Å²) in [5.74, 6) is 1.19. The van der Waals surface area contributed by atoms with E-state index in [1.165, 1.54) is 31.2 Å². The van der Waals surface area contributed by atoms with Crippen LogP contribution >= 0.6 is 12.4 Å². The van der Waals surface area contributed by atoms with E-state index >= 15 is 0 Å². The van der Waals surface area contributed by atoms with Gasteiger partial charge in [-0.1, -0.05) is 56.0 Å². The zero-order chi connectivity index (χ0) is 16.1. The van der Waals surface area contributed by atoms with Crippen molar-refractivity contribution in [2.24, 2.45) is 11.8 Å². The molecule has 1 aliphatic heterocycles. The molecule has 3 atom stereocenters. The van der Waals surface area contributed by atoms with E-state index in [-0.39, 0.29) is 30.3 Å². The fraction of sp³-hybridized carbons (Fsp3) is 0.650. The molecule has 24 heavy (non-hydrogen) atoms. The third-order valence-corrected chi connectivity index (χ3v) is 5.56. The highest BCUT2D eigenvalue weighted by atomic mass is 35.5. The molecule has 0 spiro atoms. The number of rotatable bonds is 5. The standard InChI is InChI=1S/C20H30N2O.ClH/c1-15-13-18(11-12-21-15)20(23)22-19(14-16-7-5-6-8-16)17-9-3-2-4-10-17;/h2-4,9-10,15-16,18-19,21H,5-8,11-14H2,1H3,(H,22,23);1H/t15-,18-,19?;/m0./s1. The lowest BCUT2D eigenvalue weighted by atomic mass is 9.90. The van der Waals surface area contributed by atoms with Gasteiger partial charge in [-0.05, 0) is 44.2 Å². The van der Waals surface area contributed by atoms with Crippen molar-refractivity contribution in [1.82, 2.24) is 10.6 Å². The Labute approximate surface area is 152 Å². The lowest BCUT2D eigenvalue weighted by Crippen LogP contribution is -2.43. The van der Waals surface area contributed by atoms with E-state index in [0.717, 1.165) is 31.7 Å². The molecule has 2 N–H and O–H groups in total. The molecule has 0 aromatic heterocycles. The minimum Gasteiger partial charge on any atom is -0.349 e. The zero-order valence-corrected chi connectivity index (χ0v) is 15.5. The number of carbonyl (C=O) groups excluding carboxylic acids is 1. The van der Waals surface area contributed by atoms with Crippen molar-refractivity contribution >= 4 is 18.3 Å². The molecule has 134 valence electrons. The summed E-state index contributed by atoms with van der Waals surface area (Å²) < 4.78 is 0. The van der Waals surface area contributed by atoms with Gasteiger partial charge in [-0.3, -0.25) is 4.79 Å². The van der Waals surface area contributed by atoms with Gasteiger partial charge in [-0.25, -0.2) is 0 Å². The van der Waals surface area contributed by atoms with E-state index in [2.05, 4.69) is 41.8 Å². The second-order valence-corrected chi connectivity index (χ2v) is 7.43. The number of piperidine rings is 1. The van der Waals surface area contributed by atoms with Crippen molar-refractivity contribution in [2.45, 2.75) is 64.0 Å². The van der Waals surface area contributed by atoms with Gasteiger partial charge >= 0.3 is 0 Å². The molecule has 4 heteroatoms. The van der Waals surface area contributed by atoms with E-state index in [0.29, 0.717) is 6.04 Å². The average Bonchev–Trinajstić information content (AvgIpc) is 3.08. The van der Waals surface area contributed by atoms with Gasteiger partial charge < -0.3 is 10.6 Å². The van der Waals surface area contributed by atoms with Crippen LogP contribution in [-0.2, 0) is 4.79 Å². The Bertz CT molecular complexity index is 502. The van der Waals surface area contributed by atoms with Crippen molar-refractivity contribution < 1.29 is 4.79 Å². The van der Waals surface area contributed by atoms with Gasteiger partial charge in [0.25, 0.3) is 0 Å². The molecule has 1 aliphatic carbocycles. The van der Waals surface area contributed by atoms with Gasteiger partial charge in [0, 0.05) is 12.0 Å². The molecular weight excluding hydrogens is 320 g/mol. The van der Waals surface area contributed by atoms with E-state index < -0.39 is 0 Å². The van der Waals surface area contributed by atoms with Crippen molar-refractivity contribution in [3.63, 3.8) is 0 Å². The normalized spacial score (nSPS) is 25.7. The van der Waals surface area contributed by atoms with Crippen LogP contribution in [0, 0.1) is 11.8 Å². The van der Waals surface area contributed by atoms with Gasteiger partial charge in [0.1, 0.15) is 0 Å². The van der Waals surface area contributed by atoms with Crippen LogP contribution in [0.5, 0.6) is 0 Å². The minimum absolute atomic E-state index is 0. The maximum absolute atomic E-state index is 12.8. The third kappa shape index (κ3) is 5.22. The molecule has 1 aromatic rings. The second-order valence-electron chi connectivity index (χ2n) is 7.43. The Morgan fingerprint density at radius 2 is 1.92 bits per heavy atom. The molecule has 2 fully saturated rings. The molecule has 2 aliphatic rings. The van der Waals surface area contributed by atoms with E-state index in [1.807, 2.05) is 6.07 Å². The molecule has 0 radical (unpaired) electrons. The maximum atomic E-state index is 12.8. The van der Waals surface area contributed by atoms with Crippen LogP contribution in [0.25, 0.3) is 0 Å². The maximum Gasteiger partial charge on any atom is 0.223 e. The zero-order valence-electron chi connectivity index (χ0n) is 14.7. The smallest absolute Gasteiger partial charge is 0.223 e. The number of amides is 1. The Morgan fingerprint density at radius 1 is 1.21 bits per heavy atom. The lowest BCUT2D eigenvalue weighted by Gasteiger charge is -2.30. The quantitative estimate of drug-likeness (QED) is 0.834. The Hall–Kier alpha value is -1.06. The second kappa shape index (κ2) is 9.43. The SMILES string of the molecule is C[C@H]1C[C@@H](C(=O)NC(CC2CCCC2)c2ccccc2)CCN1.Cl. The van der Waals surface area contributed by atoms with Crippen molar-refractivity contribution in [3.8, 4) is 0 Å². The first-order chi connectivity index (χ1) is 11.2. The summed E-state index contributed by atoms with van der Waals surface area (Å²) in [7, 11) is 0. The summed E-state index contributed by atoms with van der Waals surface area (Å²) in [6, 6.07) is 11.1. The highest BCUT2D eigenvalue weighted by molar-refractivity contribution is 5.85. The van der Waals surface area contributed by atoms with Crippen molar-refractivity contribution in [1.29, 1.82) is 0 Å². The summed E-state index contributed by atoms with van der Waals surface area (Å²) in [5, 5.41) is 6.81. The fourth-order valence-electron chi connectivity index (χ4n) is 4.20. The van der Waals surface area contributed by atoms with E-state index in [4.69, 9.17) is 0 Å². The number of hydrogen-bond donors (Lipinski definition) is 2. The largest absolute Gasteiger partial charge is 0.349 e. The predicted molar refractivity (Wildman–Crippen MR) is 101 cm³/mol. The molecule has 1 saturated heterocycles. The molecule has 0 bridgehead atoms. The number of hydrogen-bond acceptors (Lipinski definition) is 2. The molecule has 1 unspecified atom stereocenters. The first-order valence-electron chi connectivity index (χ1n) is 9.31. The molecular formula is C20H31ClN2O. The number of benzene rings is 1.